The fourth-order valence-electron chi connectivity index (χ4n) is 1.50. The standard InChI is InChI=1S/C9H18N2O2.ClH/c1-7(12)8(13)11-5-3-9(2,10)4-6-11;/h7,12H,3-6,10H2,1-2H3;1H. The van der Waals surface area contributed by atoms with Gasteiger partial charge in [0.1, 0.15) is 6.10 Å². The molecule has 0 aromatic rings. The molecule has 1 rings (SSSR count). The summed E-state index contributed by atoms with van der Waals surface area (Å²) in [5.74, 6) is -0.185. The van der Waals surface area contributed by atoms with E-state index in [1.165, 1.54) is 6.92 Å². The van der Waals surface area contributed by atoms with Crippen LogP contribution in [-0.4, -0.2) is 40.6 Å². The number of amides is 1. The number of halogens is 1. The van der Waals surface area contributed by atoms with Crippen LogP contribution in [-0.2, 0) is 4.79 Å². The van der Waals surface area contributed by atoms with E-state index < -0.39 is 6.10 Å². The highest BCUT2D eigenvalue weighted by Gasteiger charge is 2.29. The zero-order valence-corrected chi connectivity index (χ0v) is 9.51. The van der Waals surface area contributed by atoms with Gasteiger partial charge in [0, 0.05) is 18.6 Å². The number of piperidine rings is 1. The van der Waals surface area contributed by atoms with Crippen LogP contribution in [0, 0.1) is 0 Å². The smallest absolute Gasteiger partial charge is 0.251 e. The molecule has 1 fully saturated rings. The summed E-state index contributed by atoms with van der Waals surface area (Å²) in [4.78, 5) is 13.0. The molecule has 0 radical (unpaired) electrons. The third-order valence-electron chi connectivity index (χ3n) is 2.57. The molecular weight excluding hydrogens is 204 g/mol. The van der Waals surface area contributed by atoms with Crippen LogP contribution in [0.5, 0.6) is 0 Å². The number of nitrogens with two attached hydrogens (primary N) is 1. The number of rotatable bonds is 1. The van der Waals surface area contributed by atoms with E-state index in [0.29, 0.717) is 13.1 Å². The summed E-state index contributed by atoms with van der Waals surface area (Å²) in [5.41, 5.74) is 5.77. The summed E-state index contributed by atoms with van der Waals surface area (Å²) in [6, 6.07) is 0. The number of hydrogen-bond donors (Lipinski definition) is 2. The first kappa shape index (κ1) is 13.7. The van der Waals surface area contributed by atoms with Gasteiger partial charge in [-0.25, -0.2) is 0 Å². The van der Waals surface area contributed by atoms with Crippen LogP contribution in [0.25, 0.3) is 0 Å². The van der Waals surface area contributed by atoms with E-state index in [0.717, 1.165) is 12.8 Å². The molecular formula is C9H19ClN2O2. The molecule has 84 valence electrons. The Bertz CT molecular complexity index is 197. The first-order chi connectivity index (χ1) is 5.92. The molecule has 0 saturated carbocycles. The van der Waals surface area contributed by atoms with Crippen molar-refractivity contribution in [2.45, 2.75) is 38.3 Å². The Hall–Kier alpha value is -0.320. The van der Waals surface area contributed by atoms with E-state index in [2.05, 4.69) is 0 Å². The molecule has 1 amide bonds. The van der Waals surface area contributed by atoms with Gasteiger partial charge in [-0.3, -0.25) is 4.79 Å². The number of carbonyl (C=O) groups is 1. The van der Waals surface area contributed by atoms with Crippen LogP contribution in [0.3, 0.4) is 0 Å². The van der Waals surface area contributed by atoms with E-state index in [1.54, 1.807) is 4.90 Å². The Morgan fingerprint density at radius 3 is 2.29 bits per heavy atom. The highest BCUT2D eigenvalue weighted by Crippen LogP contribution is 2.18. The summed E-state index contributed by atoms with van der Waals surface area (Å²) in [6.45, 7) is 4.82. The molecule has 0 aliphatic carbocycles. The average Bonchev–Trinajstić information content (AvgIpc) is 2.03. The number of carbonyl (C=O) groups excluding carboxylic acids is 1. The summed E-state index contributed by atoms with van der Waals surface area (Å²) in [6.07, 6.45) is 0.735. The van der Waals surface area contributed by atoms with Gasteiger partial charge in [0.05, 0.1) is 0 Å². The predicted molar refractivity (Wildman–Crippen MR) is 57.3 cm³/mol. The summed E-state index contributed by atoms with van der Waals surface area (Å²) in [7, 11) is 0. The van der Waals surface area contributed by atoms with Crippen molar-refractivity contribution < 1.29 is 9.90 Å². The number of aliphatic hydroxyl groups excluding tert-OH is 1. The van der Waals surface area contributed by atoms with E-state index in [-0.39, 0.29) is 23.9 Å². The van der Waals surface area contributed by atoms with Crippen LogP contribution in [0.4, 0.5) is 0 Å². The SMILES string of the molecule is CC(O)C(=O)N1CCC(C)(N)CC1.Cl. The summed E-state index contributed by atoms with van der Waals surface area (Å²) < 4.78 is 0. The van der Waals surface area contributed by atoms with Gasteiger partial charge >= 0.3 is 0 Å². The Labute approximate surface area is 90.9 Å². The Kier molecular flexibility index (Phi) is 4.84. The zero-order chi connectivity index (χ0) is 10.1. The van der Waals surface area contributed by atoms with Gasteiger partial charge < -0.3 is 15.7 Å². The highest BCUT2D eigenvalue weighted by atomic mass is 35.5. The molecule has 0 spiro atoms. The molecule has 1 aliphatic rings. The normalized spacial score (nSPS) is 22.4. The van der Waals surface area contributed by atoms with Gasteiger partial charge in [-0.15, -0.1) is 12.4 Å². The average molecular weight is 223 g/mol. The van der Waals surface area contributed by atoms with E-state index in [9.17, 15) is 4.79 Å². The van der Waals surface area contributed by atoms with Gasteiger partial charge in [-0.05, 0) is 26.7 Å². The molecule has 5 heteroatoms. The van der Waals surface area contributed by atoms with Crippen molar-refractivity contribution in [3.8, 4) is 0 Å². The molecule has 1 aliphatic heterocycles. The van der Waals surface area contributed by atoms with Crippen LogP contribution in [0.2, 0.25) is 0 Å². The molecule has 0 aromatic heterocycles. The molecule has 0 bridgehead atoms. The van der Waals surface area contributed by atoms with E-state index >= 15 is 0 Å². The lowest BCUT2D eigenvalue weighted by atomic mass is 9.91. The Balaban J connectivity index is 0.00000169. The third kappa shape index (κ3) is 3.44. The second kappa shape index (κ2) is 4.96. The number of hydrogen-bond acceptors (Lipinski definition) is 3. The minimum Gasteiger partial charge on any atom is -0.384 e. The van der Waals surface area contributed by atoms with Crippen molar-refractivity contribution in [3.05, 3.63) is 0 Å². The maximum absolute atomic E-state index is 11.3. The molecule has 1 heterocycles. The fraction of sp³-hybridized carbons (Fsp3) is 0.889. The van der Waals surface area contributed by atoms with Crippen molar-refractivity contribution in [3.63, 3.8) is 0 Å². The van der Waals surface area contributed by atoms with Crippen molar-refractivity contribution in [2.75, 3.05) is 13.1 Å². The first-order valence-electron chi connectivity index (χ1n) is 4.68. The molecule has 3 N–H and O–H groups in total. The van der Waals surface area contributed by atoms with Crippen molar-refractivity contribution in [1.29, 1.82) is 0 Å². The van der Waals surface area contributed by atoms with Crippen LogP contribution in [0.15, 0.2) is 0 Å². The first-order valence-corrected chi connectivity index (χ1v) is 4.68. The van der Waals surface area contributed by atoms with Gasteiger partial charge in [-0.2, -0.15) is 0 Å². The number of likely N-dealkylation sites (tertiary alicyclic amines) is 1. The van der Waals surface area contributed by atoms with Gasteiger partial charge in [0.25, 0.3) is 5.91 Å². The summed E-state index contributed by atoms with van der Waals surface area (Å²) >= 11 is 0. The lowest BCUT2D eigenvalue weighted by Crippen LogP contribution is -2.51. The van der Waals surface area contributed by atoms with Crippen LogP contribution < -0.4 is 5.73 Å². The van der Waals surface area contributed by atoms with E-state index in [4.69, 9.17) is 10.8 Å². The molecule has 0 aromatic carbocycles. The van der Waals surface area contributed by atoms with Crippen LogP contribution in [0.1, 0.15) is 26.7 Å². The third-order valence-corrected chi connectivity index (χ3v) is 2.57. The second-order valence-corrected chi connectivity index (χ2v) is 4.16. The molecule has 1 unspecified atom stereocenters. The molecule has 14 heavy (non-hydrogen) atoms. The Morgan fingerprint density at radius 1 is 1.50 bits per heavy atom. The molecule has 1 saturated heterocycles. The topological polar surface area (TPSA) is 66.6 Å². The minimum absolute atomic E-state index is 0. The number of aliphatic hydroxyl groups is 1. The monoisotopic (exact) mass is 222 g/mol. The van der Waals surface area contributed by atoms with Crippen molar-refractivity contribution in [2.24, 2.45) is 5.73 Å². The largest absolute Gasteiger partial charge is 0.384 e. The Morgan fingerprint density at radius 2 is 1.93 bits per heavy atom. The van der Waals surface area contributed by atoms with Gasteiger partial charge in [0.15, 0.2) is 0 Å². The second-order valence-electron chi connectivity index (χ2n) is 4.16. The fourth-order valence-corrected chi connectivity index (χ4v) is 1.50. The van der Waals surface area contributed by atoms with Crippen LogP contribution >= 0.6 is 12.4 Å². The summed E-state index contributed by atoms with van der Waals surface area (Å²) in [5, 5.41) is 9.08. The van der Waals surface area contributed by atoms with Crippen molar-refractivity contribution >= 4 is 18.3 Å². The maximum atomic E-state index is 11.3. The molecule has 1 atom stereocenters. The molecule has 4 nitrogen and oxygen atoms in total. The maximum Gasteiger partial charge on any atom is 0.251 e. The minimum atomic E-state index is -0.887. The lowest BCUT2D eigenvalue weighted by Gasteiger charge is -2.37. The zero-order valence-electron chi connectivity index (χ0n) is 8.69. The van der Waals surface area contributed by atoms with Gasteiger partial charge in [-0.1, -0.05) is 0 Å². The quantitative estimate of drug-likeness (QED) is 0.663. The predicted octanol–water partition coefficient (Wildman–Crippen LogP) is 0.129. The highest BCUT2D eigenvalue weighted by molar-refractivity contribution is 5.85. The number of nitrogens with zero attached hydrogens (tertiary/aromatic N) is 1. The lowest BCUT2D eigenvalue weighted by molar-refractivity contribution is -0.140. The van der Waals surface area contributed by atoms with Crippen molar-refractivity contribution in [1.82, 2.24) is 4.90 Å². The van der Waals surface area contributed by atoms with Gasteiger partial charge in [0.2, 0.25) is 0 Å². The van der Waals surface area contributed by atoms with E-state index in [1.807, 2.05) is 6.92 Å².